The lowest BCUT2D eigenvalue weighted by atomic mass is 10.0. The minimum Gasteiger partial charge on any atom is -0.461 e. The van der Waals surface area contributed by atoms with Crippen molar-refractivity contribution in [2.75, 3.05) is 13.2 Å². The van der Waals surface area contributed by atoms with Gasteiger partial charge in [-0.2, -0.15) is 0 Å². The van der Waals surface area contributed by atoms with Gasteiger partial charge in [-0.1, -0.05) is 29.6 Å². The number of aromatic nitrogens is 1. The first-order chi connectivity index (χ1) is 12.6. The van der Waals surface area contributed by atoms with E-state index >= 15 is 0 Å². The Morgan fingerprint density at radius 3 is 2.92 bits per heavy atom. The molecular formula is C19H19ClN2O4. The number of carbonyl (C=O) groups excluding carboxylic acids is 2. The Kier molecular flexibility index (Phi) is 4.44. The topological polar surface area (TPSA) is 72.6 Å². The predicted molar refractivity (Wildman–Crippen MR) is 95.0 cm³/mol. The molecule has 6 nitrogen and oxygen atoms in total. The van der Waals surface area contributed by atoms with Crippen LogP contribution in [0.1, 0.15) is 52.6 Å². The lowest BCUT2D eigenvalue weighted by Crippen LogP contribution is -2.25. The second-order valence-corrected chi connectivity index (χ2v) is 7.16. The van der Waals surface area contributed by atoms with Crippen LogP contribution in [0.4, 0.5) is 0 Å². The zero-order valence-electron chi connectivity index (χ0n) is 14.5. The maximum atomic E-state index is 12.6. The average molecular weight is 375 g/mol. The fourth-order valence-corrected chi connectivity index (χ4v) is 3.56. The van der Waals surface area contributed by atoms with Crippen molar-refractivity contribution in [1.29, 1.82) is 0 Å². The largest absolute Gasteiger partial charge is 0.461 e. The van der Waals surface area contributed by atoms with E-state index in [1.54, 1.807) is 13.0 Å². The van der Waals surface area contributed by atoms with Crippen molar-refractivity contribution in [1.82, 2.24) is 10.1 Å². The zero-order valence-corrected chi connectivity index (χ0v) is 15.2. The second kappa shape index (κ2) is 6.76. The van der Waals surface area contributed by atoms with E-state index in [-0.39, 0.29) is 18.2 Å². The summed E-state index contributed by atoms with van der Waals surface area (Å²) >= 11 is 6.38. The van der Waals surface area contributed by atoms with E-state index in [4.69, 9.17) is 20.9 Å². The molecule has 1 aromatic carbocycles. The number of nitrogens with zero attached hydrogens (tertiary/aromatic N) is 2. The highest BCUT2D eigenvalue weighted by atomic mass is 35.5. The van der Waals surface area contributed by atoms with Crippen molar-refractivity contribution < 1.29 is 18.8 Å². The number of carbonyl (C=O) groups is 2. The van der Waals surface area contributed by atoms with Crippen LogP contribution in [-0.2, 0) is 11.3 Å². The molecule has 2 aliphatic rings. The summed E-state index contributed by atoms with van der Waals surface area (Å²) in [6.07, 6.45) is 3.59. The SMILES string of the molecule is CCOC(=O)c1cc(-c2cc(Cl)c3c(c2)CN(CCC2CC2)C3=O)on1. The Hall–Kier alpha value is -2.34. The predicted octanol–water partition coefficient (Wildman–Crippen LogP) is 3.93. The number of benzene rings is 1. The highest BCUT2D eigenvalue weighted by Gasteiger charge is 2.32. The van der Waals surface area contributed by atoms with E-state index < -0.39 is 5.97 Å². The van der Waals surface area contributed by atoms with Gasteiger partial charge in [-0.25, -0.2) is 4.79 Å². The van der Waals surface area contributed by atoms with Crippen LogP contribution in [0.25, 0.3) is 11.3 Å². The monoisotopic (exact) mass is 374 g/mol. The van der Waals surface area contributed by atoms with E-state index in [1.165, 1.54) is 18.9 Å². The molecule has 26 heavy (non-hydrogen) atoms. The second-order valence-electron chi connectivity index (χ2n) is 6.75. The number of amides is 1. The van der Waals surface area contributed by atoms with Gasteiger partial charge in [0.05, 0.1) is 17.2 Å². The third-order valence-corrected chi connectivity index (χ3v) is 5.12. The van der Waals surface area contributed by atoms with E-state index in [0.717, 1.165) is 24.4 Å². The zero-order chi connectivity index (χ0) is 18.3. The summed E-state index contributed by atoms with van der Waals surface area (Å²) in [5.74, 6) is 0.646. The molecule has 1 saturated carbocycles. The van der Waals surface area contributed by atoms with Crippen molar-refractivity contribution >= 4 is 23.5 Å². The molecular weight excluding hydrogens is 356 g/mol. The molecule has 1 aromatic heterocycles. The molecule has 0 saturated heterocycles. The molecule has 4 rings (SSSR count). The number of ether oxygens (including phenoxy) is 1. The van der Waals surface area contributed by atoms with Gasteiger partial charge in [-0.3, -0.25) is 4.79 Å². The number of hydrogen-bond acceptors (Lipinski definition) is 5. The van der Waals surface area contributed by atoms with Gasteiger partial charge in [0.25, 0.3) is 5.91 Å². The van der Waals surface area contributed by atoms with Gasteiger partial charge in [0.2, 0.25) is 0 Å². The molecule has 0 unspecified atom stereocenters. The van der Waals surface area contributed by atoms with E-state index in [9.17, 15) is 9.59 Å². The number of hydrogen-bond donors (Lipinski definition) is 0. The maximum Gasteiger partial charge on any atom is 0.360 e. The van der Waals surface area contributed by atoms with Gasteiger partial charge in [-0.15, -0.1) is 0 Å². The van der Waals surface area contributed by atoms with E-state index in [1.807, 2.05) is 11.0 Å². The third kappa shape index (κ3) is 3.21. The van der Waals surface area contributed by atoms with Crippen molar-refractivity contribution in [2.45, 2.75) is 32.7 Å². The summed E-state index contributed by atoms with van der Waals surface area (Å²) in [6, 6.07) is 5.08. The van der Waals surface area contributed by atoms with Crippen LogP contribution in [0.15, 0.2) is 22.7 Å². The molecule has 0 atom stereocenters. The van der Waals surface area contributed by atoms with Crippen molar-refractivity contribution in [2.24, 2.45) is 5.92 Å². The van der Waals surface area contributed by atoms with Crippen LogP contribution >= 0.6 is 11.6 Å². The number of rotatable bonds is 6. The fraction of sp³-hybridized carbons (Fsp3) is 0.421. The Morgan fingerprint density at radius 2 is 2.19 bits per heavy atom. The van der Waals surface area contributed by atoms with E-state index in [0.29, 0.717) is 28.5 Å². The fourth-order valence-electron chi connectivity index (χ4n) is 3.24. The molecule has 0 bridgehead atoms. The van der Waals surface area contributed by atoms with Gasteiger partial charge in [0.15, 0.2) is 11.5 Å². The highest BCUT2D eigenvalue weighted by molar-refractivity contribution is 6.34. The minimum atomic E-state index is -0.531. The van der Waals surface area contributed by atoms with Crippen LogP contribution in [-0.4, -0.2) is 35.1 Å². The van der Waals surface area contributed by atoms with Crippen LogP contribution in [0.2, 0.25) is 5.02 Å². The van der Waals surface area contributed by atoms with Crippen LogP contribution in [0, 0.1) is 5.92 Å². The molecule has 0 N–H and O–H groups in total. The van der Waals surface area contributed by atoms with Crippen molar-refractivity contribution in [3.63, 3.8) is 0 Å². The molecule has 2 heterocycles. The normalized spacial score (nSPS) is 16.1. The summed E-state index contributed by atoms with van der Waals surface area (Å²) in [6.45, 7) is 3.31. The molecule has 0 spiro atoms. The number of halogens is 1. The lowest BCUT2D eigenvalue weighted by molar-refractivity contribution is 0.0514. The average Bonchev–Trinajstić information content (AvgIpc) is 3.20. The van der Waals surface area contributed by atoms with Gasteiger partial charge >= 0.3 is 5.97 Å². The first-order valence-corrected chi connectivity index (χ1v) is 9.20. The van der Waals surface area contributed by atoms with Crippen LogP contribution in [0.3, 0.4) is 0 Å². The molecule has 1 amide bonds. The summed E-state index contributed by atoms with van der Waals surface area (Å²) in [5.41, 5.74) is 2.24. The van der Waals surface area contributed by atoms with Crippen LogP contribution < -0.4 is 0 Å². The van der Waals surface area contributed by atoms with Gasteiger partial charge in [0, 0.05) is 24.7 Å². The summed E-state index contributed by atoms with van der Waals surface area (Å²) in [7, 11) is 0. The maximum absolute atomic E-state index is 12.6. The summed E-state index contributed by atoms with van der Waals surface area (Å²) in [4.78, 5) is 26.2. The Bertz CT molecular complexity index is 872. The first-order valence-electron chi connectivity index (χ1n) is 8.82. The molecule has 2 aromatic rings. The quantitative estimate of drug-likeness (QED) is 0.716. The molecule has 7 heteroatoms. The van der Waals surface area contributed by atoms with Crippen molar-refractivity contribution in [3.05, 3.63) is 40.0 Å². The molecule has 1 aliphatic carbocycles. The first kappa shape index (κ1) is 17.1. The van der Waals surface area contributed by atoms with Gasteiger partial charge in [-0.05, 0) is 37.0 Å². The number of fused-ring (bicyclic) bond motifs is 1. The van der Waals surface area contributed by atoms with Gasteiger partial charge < -0.3 is 14.2 Å². The molecule has 0 radical (unpaired) electrons. The Balaban J connectivity index is 1.57. The standard InChI is InChI=1S/C19H19ClN2O4/c1-2-25-19(24)15-9-16(26-21-15)12-7-13-10-22(6-5-11-3-4-11)18(23)17(13)14(20)8-12/h7-9,11H,2-6,10H2,1H3. The van der Waals surface area contributed by atoms with Gasteiger partial charge in [0.1, 0.15) is 0 Å². The molecule has 136 valence electrons. The molecule has 1 aliphatic heterocycles. The van der Waals surface area contributed by atoms with E-state index in [2.05, 4.69) is 5.16 Å². The number of esters is 1. The van der Waals surface area contributed by atoms with Crippen molar-refractivity contribution in [3.8, 4) is 11.3 Å². The molecule has 1 fully saturated rings. The summed E-state index contributed by atoms with van der Waals surface area (Å²) < 4.78 is 10.2. The summed E-state index contributed by atoms with van der Waals surface area (Å²) in [5, 5.41) is 4.14. The smallest absolute Gasteiger partial charge is 0.360 e. The Morgan fingerprint density at radius 1 is 1.38 bits per heavy atom. The Labute approximate surface area is 156 Å². The highest BCUT2D eigenvalue weighted by Crippen LogP contribution is 2.37. The lowest BCUT2D eigenvalue weighted by Gasteiger charge is -2.14. The minimum absolute atomic E-state index is 0.0121. The van der Waals surface area contributed by atoms with Crippen LogP contribution in [0.5, 0.6) is 0 Å². The third-order valence-electron chi connectivity index (χ3n) is 4.82.